The third kappa shape index (κ3) is 3.20. The summed E-state index contributed by atoms with van der Waals surface area (Å²) in [5, 5.41) is 5.84. The van der Waals surface area contributed by atoms with Crippen molar-refractivity contribution in [2.45, 2.75) is 32.7 Å². The van der Waals surface area contributed by atoms with E-state index in [-0.39, 0.29) is 11.9 Å². The molecule has 5 heteroatoms. The molecule has 0 bridgehead atoms. The Morgan fingerprint density at radius 1 is 1.53 bits per heavy atom. The van der Waals surface area contributed by atoms with E-state index < -0.39 is 11.3 Å². The molecule has 86 valence electrons. The van der Waals surface area contributed by atoms with Gasteiger partial charge in [0.15, 0.2) is 0 Å². The zero-order chi connectivity index (χ0) is 11.5. The minimum Gasteiger partial charge on any atom is -0.369 e. The molecule has 4 N–H and O–H groups in total. The first-order chi connectivity index (χ1) is 6.93. The van der Waals surface area contributed by atoms with Crippen LogP contribution in [0.15, 0.2) is 0 Å². The lowest BCUT2D eigenvalue weighted by Gasteiger charge is -2.22. The molecule has 2 amide bonds. The molecule has 0 aromatic rings. The summed E-state index contributed by atoms with van der Waals surface area (Å²) in [5.41, 5.74) is 4.52. The largest absolute Gasteiger partial charge is 0.369 e. The number of nitrogens with one attached hydrogen (secondary N) is 2. The lowest BCUT2D eigenvalue weighted by molar-refractivity contribution is -0.127. The summed E-state index contributed by atoms with van der Waals surface area (Å²) in [6, 6.07) is -0.103. The molecule has 0 aromatic heterocycles. The molecular weight excluding hydrogens is 194 g/mol. The monoisotopic (exact) mass is 213 g/mol. The third-order valence-electron chi connectivity index (χ3n) is 2.75. The van der Waals surface area contributed by atoms with E-state index in [2.05, 4.69) is 10.6 Å². The van der Waals surface area contributed by atoms with Crippen LogP contribution in [0, 0.1) is 5.41 Å². The van der Waals surface area contributed by atoms with Gasteiger partial charge in [0.2, 0.25) is 11.8 Å². The zero-order valence-electron chi connectivity index (χ0n) is 9.30. The molecule has 0 saturated carbocycles. The Hall–Kier alpha value is -1.10. The fourth-order valence-corrected chi connectivity index (χ4v) is 1.43. The Bertz CT molecular complexity index is 257. The summed E-state index contributed by atoms with van der Waals surface area (Å²) < 4.78 is 0. The van der Waals surface area contributed by atoms with Crippen LogP contribution in [0.5, 0.6) is 0 Å². The van der Waals surface area contributed by atoms with Gasteiger partial charge in [0.1, 0.15) is 0 Å². The number of carbonyl (C=O) groups is 2. The summed E-state index contributed by atoms with van der Waals surface area (Å²) >= 11 is 0. The van der Waals surface area contributed by atoms with Crippen molar-refractivity contribution in [1.29, 1.82) is 0 Å². The fraction of sp³-hybridized carbons (Fsp3) is 0.800. The molecule has 1 rings (SSSR count). The second-order valence-electron chi connectivity index (χ2n) is 4.61. The van der Waals surface area contributed by atoms with Crippen molar-refractivity contribution in [1.82, 2.24) is 10.6 Å². The van der Waals surface area contributed by atoms with Gasteiger partial charge in [-0.2, -0.15) is 0 Å². The molecule has 1 aliphatic rings. The van der Waals surface area contributed by atoms with E-state index in [9.17, 15) is 9.59 Å². The molecule has 1 aliphatic heterocycles. The second kappa shape index (κ2) is 4.61. The van der Waals surface area contributed by atoms with E-state index in [0.717, 1.165) is 19.4 Å². The third-order valence-corrected chi connectivity index (χ3v) is 2.75. The van der Waals surface area contributed by atoms with Gasteiger partial charge in [0.05, 0.1) is 11.5 Å². The SMILES string of the molecule is CC(C)(CNC(=O)[C@@H]1CCCN1)C(N)=O. The smallest absolute Gasteiger partial charge is 0.237 e. The van der Waals surface area contributed by atoms with Gasteiger partial charge in [-0.25, -0.2) is 0 Å². The quantitative estimate of drug-likeness (QED) is 0.581. The van der Waals surface area contributed by atoms with Gasteiger partial charge in [-0.1, -0.05) is 0 Å². The molecule has 0 aliphatic carbocycles. The predicted molar refractivity (Wildman–Crippen MR) is 57.0 cm³/mol. The Morgan fingerprint density at radius 3 is 2.67 bits per heavy atom. The van der Waals surface area contributed by atoms with Crippen molar-refractivity contribution in [2.24, 2.45) is 11.1 Å². The van der Waals surface area contributed by atoms with Crippen LogP contribution in [0.25, 0.3) is 0 Å². The minimum absolute atomic E-state index is 0.0400. The van der Waals surface area contributed by atoms with Gasteiger partial charge in [-0.15, -0.1) is 0 Å². The first-order valence-corrected chi connectivity index (χ1v) is 5.24. The number of hydrogen-bond donors (Lipinski definition) is 3. The molecule has 1 fully saturated rings. The van der Waals surface area contributed by atoms with Crippen molar-refractivity contribution in [3.05, 3.63) is 0 Å². The standard InChI is InChI=1S/C10H19N3O2/c1-10(2,9(11)15)6-13-8(14)7-4-3-5-12-7/h7,12H,3-6H2,1-2H3,(H2,11,15)(H,13,14)/t7-/m0/s1. The molecule has 15 heavy (non-hydrogen) atoms. The van der Waals surface area contributed by atoms with Crippen LogP contribution < -0.4 is 16.4 Å². The zero-order valence-corrected chi connectivity index (χ0v) is 9.30. The lowest BCUT2D eigenvalue weighted by Crippen LogP contribution is -2.47. The van der Waals surface area contributed by atoms with E-state index in [1.807, 2.05) is 0 Å². The molecule has 5 nitrogen and oxygen atoms in total. The van der Waals surface area contributed by atoms with Crippen LogP contribution in [0.4, 0.5) is 0 Å². The van der Waals surface area contributed by atoms with E-state index in [1.165, 1.54) is 0 Å². The number of amides is 2. The van der Waals surface area contributed by atoms with Crippen LogP contribution in [0.1, 0.15) is 26.7 Å². The molecular formula is C10H19N3O2. The molecule has 1 saturated heterocycles. The van der Waals surface area contributed by atoms with Crippen LogP contribution in [0.2, 0.25) is 0 Å². The van der Waals surface area contributed by atoms with Crippen LogP contribution >= 0.6 is 0 Å². The molecule has 0 aromatic carbocycles. The maximum Gasteiger partial charge on any atom is 0.237 e. The number of primary amides is 1. The van der Waals surface area contributed by atoms with Crippen LogP contribution in [-0.4, -0.2) is 30.9 Å². The second-order valence-corrected chi connectivity index (χ2v) is 4.61. The average Bonchev–Trinajstić information content (AvgIpc) is 2.66. The van der Waals surface area contributed by atoms with E-state index in [1.54, 1.807) is 13.8 Å². The minimum atomic E-state index is -0.686. The summed E-state index contributed by atoms with van der Waals surface area (Å²) in [7, 11) is 0. The van der Waals surface area contributed by atoms with Gasteiger partial charge in [-0.3, -0.25) is 9.59 Å². The first-order valence-electron chi connectivity index (χ1n) is 5.24. The molecule has 1 heterocycles. The highest BCUT2D eigenvalue weighted by Gasteiger charge is 2.28. The number of carbonyl (C=O) groups excluding carboxylic acids is 2. The summed E-state index contributed by atoms with van der Waals surface area (Å²) in [5.74, 6) is -0.441. The van der Waals surface area contributed by atoms with Gasteiger partial charge < -0.3 is 16.4 Å². The maximum absolute atomic E-state index is 11.6. The van der Waals surface area contributed by atoms with Crippen LogP contribution in [0.3, 0.4) is 0 Å². The van der Waals surface area contributed by atoms with Crippen molar-refractivity contribution < 1.29 is 9.59 Å². The van der Waals surface area contributed by atoms with Crippen molar-refractivity contribution in [3.63, 3.8) is 0 Å². The summed E-state index contributed by atoms with van der Waals surface area (Å²) in [6.07, 6.45) is 1.89. The molecule has 1 atom stereocenters. The average molecular weight is 213 g/mol. The van der Waals surface area contributed by atoms with E-state index in [0.29, 0.717) is 6.54 Å². The predicted octanol–water partition coefficient (Wildman–Crippen LogP) is -0.634. The molecule has 0 spiro atoms. The van der Waals surface area contributed by atoms with Crippen molar-refractivity contribution >= 4 is 11.8 Å². The Labute approximate surface area is 89.8 Å². The topological polar surface area (TPSA) is 84.2 Å². The first kappa shape index (κ1) is 12.0. The Morgan fingerprint density at radius 2 is 2.20 bits per heavy atom. The van der Waals surface area contributed by atoms with Crippen molar-refractivity contribution in [2.75, 3.05) is 13.1 Å². The summed E-state index contributed by atoms with van der Waals surface area (Å²) in [4.78, 5) is 22.6. The maximum atomic E-state index is 11.6. The van der Waals surface area contributed by atoms with E-state index in [4.69, 9.17) is 5.73 Å². The summed E-state index contributed by atoms with van der Waals surface area (Å²) in [6.45, 7) is 4.62. The van der Waals surface area contributed by atoms with Crippen LogP contribution in [-0.2, 0) is 9.59 Å². The highest BCUT2D eigenvalue weighted by atomic mass is 16.2. The normalized spacial score (nSPS) is 21.3. The lowest BCUT2D eigenvalue weighted by atomic mass is 9.92. The van der Waals surface area contributed by atoms with Gasteiger partial charge in [0.25, 0.3) is 0 Å². The van der Waals surface area contributed by atoms with Gasteiger partial charge >= 0.3 is 0 Å². The molecule has 0 radical (unpaired) electrons. The van der Waals surface area contributed by atoms with Crippen molar-refractivity contribution in [3.8, 4) is 0 Å². The number of hydrogen-bond acceptors (Lipinski definition) is 3. The Balaban J connectivity index is 2.36. The fourth-order valence-electron chi connectivity index (χ4n) is 1.43. The van der Waals surface area contributed by atoms with Gasteiger partial charge in [0, 0.05) is 6.54 Å². The molecule has 0 unspecified atom stereocenters. The Kier molecular flexibility index (Phi) is 3.68. The number of rotatable bonds is 4. The van der Waals surface area contributed by atoms with Gasteiger partial charge in [-0.05, 0) is 33.2 Å². The highest BCUT2D eigenvalue weighted by Crippen LogP contribution is 2.12. The number of nitrogens with two attached hydrogens (primary N) is 1. The van der Waals surface area contributed by atoms with E-state index >= 15 is 0 Å². The highest BCUT2D eigenvalue weighted by molar-refractivity contribution is 5.84.